The Morgan fingerprint density at radius 2 is 1.26 bits per heavy atom. The minimum atomic E-state index is -0.675. The lowest BCUT2D eigenvalue weighted by molar-refractivity contribution is -0.122. The van der Waals surface area contributed by atoms with Crippen LogP contribution in [0.25, 0.3) is 5.82 Å². The van der Waals surface area contributed by atoms with Crippen LogP contribution in [0.1, 0.15) is 69.3 Å². The van der Waals surface area contributed by atoms with Crippen molar-refractivity contribution in [1.82, 2.24) is 25.5 Å². The Bertz CT molecular complexity index is 2050. The summed E-state index contributed by atoms with van der Waals surface area (Å²) in [6.45, 7) is 7.43. The van der Waals surface area contributed by atoms with E-state index in [4.69, 9.17) is 0 Å². The molecular weight excluding hydrogens is 671 g/mol. The highest BCUT2D eigenvalue weighted by molar-refractivity contribution is 5.87. The number of carbonyl (C=O) groups is 2. The van der Waals surface area contributed by atoms with Crippen molar-refractivity contribution in [3.63, 3.8) is 0 Å². The summed E-state index contributed by atoms with van der Waals surface area (Å²) >= 11 is 0. The first-order valence-electron chi connectivity index (χ1n) is 18.6. The maximum Gasteiger partial charge on any atom is 0.232 e. The zero-order valence-corrected chi connectivity index (χ0v) is 31.2. The number of carbonyl (C=O) groups excluding carboxylic acids is 2. The molecule has 6 rings (SSSR count). The van der Waals surface area contributed by atoms with Crippen LogP contribution in [-0.2, 0) is 35.5 Å². The van der Waals surface area contributed by atoms with Gasteiger partial charge in [-0.05, 0) is 78.8 Å². The molecule has 0 bridgehead atoms. The average molecular weight is 720 g/mol. The Labute approximate surface area is 318 Å². The normalized spacial score (nSPS) is 12.3. The van der Waals surface area contributed by atoms with Gasteiger partial charge >= 0.3 is 0 Å². The SMILES string of the molecule is Cc1ccc(C)n1-c1ccc([C@H](O)CN[C@H](C)Cc2cccc(CC(=O)NCc3ccc(CNC(=O)C(c4ccccc4)c4ccccc4)cc3)c2)cn1. The fourth-order valence-electron chi connectivity index (χ4n) is 6.78. The van der Waals surface area contributed by atoms with Gasteiger partial charge in [-0.2, -0.15) is 0 Å². The Morgan fingerprint density at radius 1 is 0.667 bits per heavy atom. The smallest absolute Gasteiger partial charge is 0.232 e. The molecule has 4 aromatic carbocycles. The number of nitrogens with zero attached hydrogens (tertiary/aromatic N) is 2. The third-order valence-corrected chi connectivity index (χ3v) is 9.72. The zero-order chi connectivity index (χ0) is 37.9. The van der Waals surface area contributed by atoms with Crippen molar-refractivity contribution in [3.05, 3.63) is 190 Å². The summed E-state index contributed by atoms with van der Waals surface area (Å²) in [6.07, 6.45) is 2.11. The molecule has 6 aromatic rings. The maximum absolute atomic E-state index is 13.4. The van der Waals surface area contributed by atoms with E-state index in [1.807, 2.05) is 109 Å². The summed E-state index contributed by atoms with van der Waals surface area (Å²) in [4.78, 5) is 30.8. The van der Waals surface area contributed by atoms with E-state index >= 15 is 0 Å². The van der Waals surface area contributed by atoms with E-state index in [0.29, 0.717) is 19.6 Å². The topological polar surface area (TPSA) is 108 Å². The largest absolute Gasteiger partial charge is 0.387 e. The molecule has 0 aliphatic rings. The number of aryl methyl sites for hydroxylation is 2. The summed E-state index contributed by atoms with van der Waals surface area (Å²) in [5.74, 6) is 0.350. The second-order valence-corrected chi connectivity index (χ2v) is 14.0. The summed E-state index contributed by atoms with van der Waals surface area (Å²) in [7, 11) is 0. The fraction of sp³-hybridized carbons (Fsp3) is 0.239. The molecule has 0 saturated carbocycles. The fourth-order valence-corrected chi connectivity index (χ4v) is 6.78. The molecule has 2 amide bonds. The Hall–Kier alpha value is -5.83. The zero-order valence-electron chi connectivity index (χ0n) is 31.2. The Balaban J connectivity index is 0.931. The van der Waals surface area contributed by atoms with Crippen molar-refractivity contribution >= 4 is 11.8 Å². The molecule has 8 nitrogen and oxygen atoms in total. The van der Waals surface area contributed by atoms with Gasteiger partial charge in [0.1, 0.15) is 5.82 Å². The molecule has 276 valence electrons. The van der Waals surface area contributed by atoms with Crippen molar-refractivity contribution in [3.8, 4) is 5.82 Å². The molecule has 2 aromatic heterocycles. The lowest BCUT2D eigenvalue weighted by Gasteiger charge is -2.18. The highest BCUT2D eigenvalue weighted by Gasteiger charge is 2.22. The van der Waals surface area contributed by atoms with E-state index < -0.39 is 6.10 Å². The second-order valence-electron chi connectivity index (χ2n) is 14.0. The van der Waals surface area contributed by atoms with Crippen LogP contribution >= 0.6 is 0 Å². The van der Waals surface area contributed by atoms with Crippen molar-refractivity contribution < 1.29 is 14.7 Å². The molecular formula is C46H49N5O3. The highest BCUT2D eigenvalue weighted by Crippen LogP contribution is 2.25. The molecule has 2 heterocycles. The van der Waals surface area contributed by atoms with Gasteiger partial charge in [0, 0.05) is 48.8 Å². The van der Waals surface area contributed by atoms with E-state index in [1.54, 1.807) is 6.20 Å². The predicted molar refractivity (Wildman–Crippen MR) is 214 cm³/mol. The van der Waals surface area contributed by atoms with Crippen LogP contribution in [0.4, 0.5) is 0 Å². The molecule has 8 heteroatoms. The van der Waals surface area contributed by atoms with E-state index in [2.05, 4.69) is 70.5 Å². The van der Waals surface area contributed by atoms with Gasteiger partial charge < -0.3 is 25.6 Å². The minimum absolute atomic E-state index is 0.0487. The Kier molecular flexibility index (Phi) is 12.8. The van der Waals surface area contributed by atoms with Crippen LogP contribution in [0.5, 0.6) is 0 Å². The van der Waals surface area contributed by atoms with Crippen molar-refractivity contribution in [2.45, 2.75) is 64.8 Å². The number of aliphatic hydroxyl groups excluding tert-OH is 1. The molecule has 4 N–H and O–H groups in total. The summed E-state index contributed by atoms with van der Waals surface area (Å²) < 4.78 is 2.09. The van der Waals surface area contributed by atoms with Gasteiger partial charge in [-0.25, -0.2) is 4.98 Å². The van der Waals surface area contributed by atoms with Crippen LogP contribution < -0.4 is 16.0 Å². The van der Waals surface area contributed by atoms with Crippen molar-refractivity contribution in [2.75, 3.05) is 6.54 Å². The molecule has 0 fully saturated rings. The number of pyridine rings is 1. The van der Waals surface area contributed by atoms with Crippen LogP contribution in [0.15, 0.2) is 140 Å². The lowest BCUT2D eigenvalue weighted by atomic mass is 9.90. The molecule has 0 aliphatic carbocycles. The summed E-state index contributed by atoms with van der Waals surface area (Å²) in [6, 6.07) is 43.8. The number of amides is 2. The second kappa shape index (κ2) is 18.3. The van der Waals surface area contributed by atoms with E-state index in [1.165, 1.54) is 0 Å². The first-order chi connectivity index (χ1) is 26.2. The van der Waals surface area contributed by atoms with Gasteiger partial charge in [0.15, 0.2) is 0 Å². The van der Waals surface area contributed by atoms with Gasteiger partial charge in [-0.1, -0.05) is 115 Å². The number of benzene rings is 4. The molecule has 0 spiro atoms. The van der Waals surface area contributed by atoms with E-state index in [-0.39, 0.29) is 30.2 Å². The molecule has 0 saturated heterocycles. The standard InChI is InChI=1S/C46H49N5O3/c1-32(47-31-42(52)41-23-24-43(48-30-41)51-33(2)17-18-34(51)3)25-37-11-10-12-38(26-37)27-44(53)49-28-35-19-21-36(22-20-35)29-50-46(54)45(39-13-6-4-7-14-39)40-15-8-5-9-16-40/h4-24,26,30,32,42,45,47,52H,25,27-29,31H2,1-3H3,(H,49,53)(H,50,54)/t32-,42-/m1/s1. The quantitative estimate of drug-likeness (QED) is 0.0858. The van der Waals surface area contributed by atoms with Crippen LogP contribution in [-0.4, -0.2) is 39.1 Å². The maximum atomic E-state index is 13.4. The van der Waals surface area contributed by atoms with Crippen LogP contribution in [0.3, 0.4) is 0 Å². The molecule has 0 unspecified atom stereocenters. The van der Waals surface area contributed by atoms with Gasteiger partial charge in [0.05, 0.1) is 18.4 Å². The number of hydrogen-bond donors (Lipinski definition) is 4. The molecule has 0 radical (unpaired) electrons. The van der Waals surface area contributed by atoms with Gasteiger partial charge in [0.2, 0.25) is 11.8 Å². The van der Waals surface area contributed by atoms with Gasteiger partial charge in [0.25, 0.3) is 0 Å². The Morgan fingerprint density at radius 3 is 1.85 bits per heavy atom. The number of aromatic nitrogens is 2. The van der Waals surface area contributed by atoms with E-state index in [9.17, 15) is 14.7 Å². The van der Waals surface area contributed by atoms with Crippen LogP contribution in [0.2, 0.25) is 0 Å². The minimum Gasteiger partial charge on any atom is -0.387 e. The molecule has 2 atom stereocenters. The summed E-state index contributed by atoms with van der Waals surface area (Å²) in [5, 5.41) is 20.4. The number of nitrogens with one attached hydrogen (secondary N) is 3. The van der Waals surface area contributed by atoms with Crippen molar-refractivity contribution in [2.24, 2.45) is 0 Å². The first-order valence-corrected chi connectivity index (χ1v) is 18.6. The third-order valence-electron chi connectivity index (χ3n) is 9.72. The average Bonchev–Trinajstić information content (AvgIpc) is 3.53. The molecule has 0 aliphatic heterocycles. The van der Waals surface area contributed by atoms with Gasteiger partial charge in [-0.15, -0.1) is 0 Å². The third kappa shape index (κ3) is 10.2. The molecule has 54 heavy (non-hydrogen) atoms. The lowest BCUT2D eigenvalue weighted by Crippen LogP contribution is -2.32. The van der Waals surface area contributed by atoms with Crippen molar-refractivity contribution in [1.29, 1.82) is 0 Å². The number of aliphatic hydroxyl groups is 1. The van der Waals surface area contributed by atoms with Gasteiger partial charge in [-0.3, -0.25) is 9.59 Å². The van der Waals surface area contributed by atoms with Crippen LogP contribution in [0, 0.1) is 13.8 Å². The number of hydrogen-bond acceptors (Lipinski definition) is 5. The predicted octanol–water partition coefficient (Wildman–Crippen LogP) is 7.05. The number of rotatable bonds is 16. The summed E-state index contributed by atoms with van der Waals surface area (Å²) in [5.41, 5.74) is 8.95. The highest BCUT2D eigenvalue weighted by atomic mass is 16.3. The van der Waals surface area contributed by atoms with E-state index in [0.717, 1.165) is 62.6 Å². The monoisotopic (exact) mass is 719 g/mol. The first kappa shape index (κ1) is 37.9.